The Labute approximate surface area is 90.4 Å². The van der Waals surface area contributed by atoms with E-state index in [9.17, 15) is 8.42 Å². The number of hydrogen-bond acceptors (Lipinski definition) is 4. The third-order valence-corrected chi connectivity index (χ3v) is 3.08. The molecule has 0 atom stereocenters. The van der Waals surface area contributed by atoms with E-state index in [4.69, 9.17) is 0 Å². The van der Waals surface area contributed by atoms with Gasteiger partial charge in [0.15, 0.2) is 0 Å². The van der Waals surface area contributed by atoms with Gasteiger partial charge in [-0.15, -0.1) is 0 Å². The van der Waals surface area contributed by atoms with Crippen LogP contribution in [0.15, 0.2) is 12.3 Å². The molecule has 0 fully saturated rings. The van der Waals surface area contributed by atoms with Crippen molar-refractivity contribution in [3.8, 4) is 0 Å². The zero-order valence-corrected chi connectivity index (χ0v) is 9.92. The first kappa shape index (κ1) is 12.2. The maximum absolute atomic E-state index is 10.9. The minimum absolute atomic E-state index is 0.214. The molecule has 0 unspecified atom stereocenters. The predicted octanol–water partition coefficient (Wildman–Crippen LogP) is 0.0372. The SMILES string of the molecule is CNCc1ccnn1CCCS(C)(=O)=O. The Morgan fingerprint density at radius 2 is 2.27 bits per heavy atom. The van der Waals surface area contributed by atoms with Crippen LogP contribution in [0, 0.1) is 0 Å². The van der Waals surface area contributed by atoms with Crippen molar-refractivity contribution in [3.05, 3.63) is 18.0 Å². The van der Waals surface area contributed by atoms with Gasteiger partial charge in [-0.2, -0.15) is 5.10 Å². The van der Waals surface area contributed by atoms with E-state index in [1.807, 2.05) is 17.8 Å². The van der Waals surface area contributed by atoms with E-state index in [2.05, 4.69) is 10.4 Å². The van der Waals surface area contributed by atoms with E-state index in [0.29, 0.717) is 13.0 Å². The fourth-order valence-electron chi connectivity index (χ4n) is 1.37. The molecular formula is C9H17N3O2S. The van der Waals surface area contributed by atoms with Crippen LogP contribution in [0.4, 0.5) is 0 Å². The van der Waals surface area contributed by atoms with Crippen LogP contribution >= 0.6 is 0 Å². The largest absolute Gasteiger partial charge is 0.314 e. The average Bonchev–Trinajstić information content (AvgIpc) is 2.51. The maximum Gasteiger partial charge on any atom is 0.147 e. The van der Waals surface area contributed by atoms with E-state index in [-0.39, 0.29) is 5.75 Å². The Morgan fingerprint density at radius 3 is 2.87 bits per heavy atom. The van der Waals surface area contributed by atoms with E-state index in [1.54, 1.807) is 6.20 Å². The predicted molar refractivity (Wildman–Crippen MR) is 59.3 cm³/mol. The summed E-state index contributed by atoms with van der Waals surface area (Å²) in [7, 11) is -0.990. The number of nitrogens with one attached hydrogen (secondary N) is 1. The molecule has 5 nitrogen and oxygen atoms in total. The van der Waals surface area contributed by atoms with E-state index < -0.39 is 9.84 Å². The van der Waals surface area contributed by atoms with Crippen molar-refractivity contribution >= 4 is 9.84 Å². The van der Waals surface area contributed by atoms with Gasteiger partial charge in [-0.25, -0.2) is 8.42 Å². The van der Waals surface area contributed by atoms with Gasteiger partial charge in [0.1, 0.15) is 9.84 Å². The molecule has 1 N–H and O–H groups in total. The summed E-state index contributed by atoms with van der Waals surface area (Å²) in [4.78, 5) is 0. The van der Waals surface area contributed by atoms with E-state index in [0.717, 1.165) is 12.2 Å². The molecule has 6 heteroatoms. The molecule has 0 saturated carbocycles. The Bertz CT molecular complexity index is 397. The van der Waals surface area contributed by atoms with Crippen LogP contribution in [0.2, 0.25) is 0 Å². The molecule has 0 saturated heterocycles. The number of nitrogens with zero attached hydrogens (tertiary/aromatic N) is 2. The Balaban J connectivity index is 2.47. The second-order valence-corrected chi connectivity index (χ2v) is 5.82. The molecule has 15 heavy (non-hydrogen) atoms. The molecule has 0 aliphatic rings. The molecule has 0 spiro atoms. The number of aromatic nitrogens is 2. The Kier molecular flexibility index (Phi) is 4.28. The smallest absolute Gasteiger partial charge is 0.147 e. The van der Waals surface area contributed by atoms with Gasteiger partial charge in [-0.05, 0) is 19.5 Å². The Hall–Kier alpha value is -0.880. The zero-order valence-electron chi connectivity index (χ0n) is 9.10. The normalized spacial score (nSPS) is 11.9. The molecule has 0 aromatic carbocycles. The minimum atomic E-state index is -2.86. The lowest BCUT2D eigenvalue weighted by Gasteiger charge is -2.06. The molecule has 86 valence electrons. The second-order valence-electron chi connectivity index (χ2n) is 3.56. The van der Waals surface area contributed by atoms with Gasteiger partial charge in [0.25, 0.3) is 0 Å². The minimum Gasteiger partial charge on any atom is -0.314 e. The fraction of sp³-hybridized carbons (Fsp3) is 0.667. The van der Waals surface area contributed by atoms with Crippen molar-refractivity contribution in [2.24, 2.45) is 0 Å². The summed E-state index contributed by atoms with van der Waals surface area (Å²) in [6, 6.07) is 1.93. The highest BCUT2D eigenvalue weighted by atomic mass is 32.2. The maximum atomic E-state index is 10.9. The first-order valence-electron chi connectivity index (χ1n) is 4.86. The number of rotatable bonds is 6. The summed E-state index contributed by atoms with van der Waals surface area (Å²) in [6.45, 7) is 1.40. The third-order valence-electron chi connectivity index (χ3n) is 2.05. The molecule has 1 rings (SSSR count). The molecule has 1 aromatic rings. The van der Waals surface area contributed by atoms with Gasteiger partial charge in [-0.1, -0.05) is 0 Å². The van der Waals surface area contributed by atoms with Gasteiger partial charge < -0.3 is 5.32 Å². The fourth-order valence-corrected chi connectivity index (χ4v) is 2.02. The van der Waals surface area contributed by atoms with Gasteiger partial charge in [0, 0.05) is 25.5 Å². The highest BCUT2D eigenvalue weighted by Crippen LogP contribution is 2.00. The van der Waals surface area contributed by atoms with Gasteiger partial charge >= 0.3 is 0 Å². The topological polar surface area (TPSA) is 64.0 Å². The highest BCUT2D eigenvalue weighted by molar-refractivity contribution is 7.90. The summed E-state index contributed by atoms with van der Waals surface area (Å²) >= 11 is 0. The molecule has 0 aliphatic carbocycles. The van der Waals surface area contributed by atoms with Gasteiger partial charge in [0.2, 0.25) is 0 Å². The quantitative estimate of drug-likeness (QED) is 0.750. The Morgan fingerprint density at radius 1 is 1.53 bits per heavy atom. The van der Waals surface area contributed by atoms with Crippen molar-refractivity contribution in [1.82, 2.24) is 15.1 Å². The summed E-state index contributed by atoms with van der Waals surface area (Å²) in [5.74, 6) is 0.214. The molecule has 1 heterocycles. The third kappa shape index (κ3) is 4.44. The first-order valence-corrected chi connectivity index (χ1v) is 6.92. The molecule has 0 bridgehead atoms. The van der Waals surface area contributed by atoms with Crippen molar-refractivity contribution in [1.29, 1.82) is 0 Å². The number of sulfone groups is 1. The summed E-state index contributed by atoms with van der Waals surface area (Å²) in [5.41, 5.74) is 1.08. The lowest BCUT2D eigenvalue weighted by Crippen LogP contribution is -2.14. The van der Waals surface area contributed by atoms with Crippen molar-refractivity contribution in [2.75, 3.05) is 19.1 Å². The average molecular weight is 231 g/mol. The van der Waals surface area contributed by atoms with Crippen molar-refractivity contribution < 1.29 is 8.42 Å². The highest BCUT2D eigenvalue weighted by Gasteiger charge is 2.04. The summed E-state index contributed by atoms with van der Waals surface area (Å²) < 4.78 is 23.7. The van der Waals surface area contributed by atoms with Crippen molar-refractivity contribution in [3.63, 3.8) is 0 Å². The summed E-state index contributed by atoms with van der Waals surface area (Å²) in [6.07, 6.45) is 3.59. The van der Waals surface area contributed by atoms with Crippen LogP contribution in [-0.4, -0.2) is 37.3 Å². The van der Waals surface area contributed by atoms with Crippen LogP contribution in [0.25, 0.3) is 0 Å². The molecular weight excluding hydrogens is 214 g/mol. The number of hydrogen-bond donors (Lipinski definition) is 1. The van der Waals surface area contributed by atoms with Gasteiger partial charge in [-0.3, -0.25) is 4.68 Å². The first-order chi connectivity index (χ1) is 7.03. The standard InChI is InChI=1S/C9H17N3O2S/c1-10-8-9-4-5-11-12(9)6-3-7-15(2,13)14/h4-5,10H,3,6-8H2,1-2H3. The molecule has 1 aromatic heterocycles. The summed E-state index contributed by atoms with van der Waals surface area (Å²) in [5, 5.41) is 7.17. The van der Waals surface area contributed by atoms with Crippen LogP contribution < -0.4 is 5.32 Å². The monoisotopic (exact) mass is 231 g/mol. The lowest BCUT2D eigenvalue weighted by atomic mass is 10.4. The molecule has 0 radical (unpaired) electrons. The molecule has 0 amide bonds. The molecule has 0 aliphatic heterocycles. The van der Waals surface area contributed by atoms with Crippen LogP contribution in [0.5, 0.6) is 0 Å². The van der Waals surface area contributed by atoms with E-state index >= 15 is 0 Å². The number of aryl methyl sites for hydroxylation is 1. The second kappa shape index (κ2) is 5.27. The van der Waals surface area contributed by atoms with Crippen LogP contribution in [-0.2, 0) is 22.9 Å². The lowest BCUT2D eigenvalue weighted by molar-refractivity contribution is 0.553. The van der Waals surface area contributed by atoms with Crippen LogP contribution in [0.3, 0.4) is 0 Å². The zero-order chi connectivity index (χ0) is 11.3. The van der Waals surface area contributed by atoms with E-state index in [1.165, 1.54) is 6.26 Å². The van der Waals surface area contributed by atoms with Gasteiger partial charge in [0.05, 0.1) is 11.4 Å². The van der Waals surface area contributed by atoms with Crippen molar-refractivity contribution in [2.45, 2.75) is 19.5 Å². The van der Waals surface area contributed by atoms with Crippen LogP contribution in [0.1, 0.15) is 12.1 Å².